The van der Waals surface area contributed by atoms with Gasteiger partial charge in [0, 0.05) is 38.1 Å². The number of furan rings is 1. The van der Waals surface area contributed by atoms with Crippen LogP contribution >= 0.6 is 11.6 Å². The Balaban J connectivity index is 1.77. The summed E-state index contributed by atoms with van der Waals surface area (Å²) >= 11 is 5.68. The molecule has 0 radical (unpaired) electrons. The molecule has 1 fully saturated rings. The summed E-state index contributed by atoms with van der Waals surface area (Å²) in [6, 6.07) is 3.96. The molecule has 1 aliphatic rings. The molecule has 1 aromatic rings. The lowest BCUT2D eigenvalue weighted by Gasteiger charge is -2.34. The molecule has 0 bridgehead atoms. The van der Waals surface area contributed by atoms with E-state index in [4.69, 9.17) is 16.0 Å². The molecule has 0 spiro atoms. The van der Waals surface area contributed by atoms with E-state index < -0.39 is 0 Å². The first kappa shape index (κ1) is 10.8. The van der Waals surface area contributed by atoms with Crippen molar-refractivity contribution in [2.24, 2.45) is 0 Å². The fourth-order valence-corrected chi connectivity index (χ4v) is 2.04. The topological polar surface area (TPSA) is 19.6 Å². The van der Waals surface area contributed by atoms with E-state index in [0.717, 1.165) is 50.9 Å². The van der Waals surface area contributed by atoms with Crippen molar-refractivity contribution in [2.75, 3.05) is 43.5 Å². The predicted octanol–water partition coefficient (Wildman–Crippen LogP) is 2.03. The van der Waals surface area contributed by atoms with Crippen LogP contribution in [0.1, 0.15) is 6.42 Å². The summed E-state index contributed by atoms with van der Waals surface area (Å²) in [5.74, 6) is 1.75. The van der Waals surface area contributed by atoms with E-state index in [9.17, 15) is 0 Å². The fraction of sp³-hybridized carbons (Fsp3) is 0.636. The molecule has 4 heteroatoms. The van der Waals surface area contributed by atoms with Gasteiger partial charge in [0.05, 0.1) is 6.26 Å². The standard InChI is InChI=1S/C11H17ClN2O/c12-4-2-5-13-6-8-14(9-7-13)11-3-1-10-15-11/h1,3,10H,2,4-9H2. The van der Waals surface area contributed by atoms with E-state index in [1.165, 1.54) is 0 Å². The molecule has 2 heterocycles. The van der Waals surface area contributed by atoms with Crippen LogP contribution in [-0.2, 0) is 0 Å². The van der Waals surface area contributed by atoms with E-state index in [1.807, 2.05) is 12.1 Å². The van der Waals surface area contributed by atoms with Crippen LogP contribution < -0.4 is 4.90 Å². The SMILES string of the molecule is ClCCCN1CCN(c2ccco2)CC1. The van der Waals surface area contributed by atoms with Crippen molar-refractivity contribution < 1.29 is 4.42 Å². The zero-order valence-electron chi connectivity index (χ0n) is 8.86. The third kappa shape index (κ3) is 2.89. The normalized spacial score (nSPS) is 18.3. The molecular formula is C11H17ClN2O. The molecule has 1 saturated heterocycles. The third-order valence-electron chi connectivity index (χ3n) is 2.80. The van der Waals surface area contributed by atoms with Crippen LogP contribution in [0.15, 0.2) is 22.8 Å². The first-order valence-corrected chi connectivity index (χ1v) is 6.00. The molecule has 0 N–H and O–H groups in total. The van der Waals surface area contributed by atoms with Gasteiger partial charge < -0.3 is 9.32 Å². The maximum absolute atomic E-state index is 5.68. The zero-order chi connectivity index (χ0) is 10.5. The van der Waals surface area contributed by atoms with E-state index in [1.54, 1.807) is 6.26 Å². The summed E-state index contributed by atoms with van der Waals surface area (Å²) in [7, 11) is 0. The largest absolute Gasteiger partial charge is 0.449 e. The zero-order valence-corrected chi connectivity index (χ0v) is 9.62. The van der Waals surface area contributed by atoms with Gasteiger partial charge in [-0.2, -0.15) is 0 Å². The smallest absolute Gasteiger partial charge is 0.195 e. The molecule has 0 amide bonds. The van der Waals surface area contributed by atoms with Crippen molar-refractivity contribution in [3.63, 3.8) is 0 Å². The number of rotatable bonds is 4. The highest BCUT2D eigenvalue weighted by Crippen LogP contribution is 2.16. The van der Waals surface area contributed by atoms with Gasteiger partial charge in [0.25, 0.3) is 0 Å². The van der Waals surface area contributed by atoms with Crippen molar-refractivity contribution in [3.05, 3.63) is 18.4 Å². The second kappa shape index (κ2) is 5.42. The van der Waals surface area contributed by atoms with Gasteiger partial charge in [-0.25, -0.2) is 0 Å². The Labute approximate surface area is 95.6 Å². The van der Waals surface area contributed by atoms with Gasteiger partial charge in [0.1, 0.15) is 0 Å². The number of alkyl halides is 1. The maximum atomic E-state index is 5.68. The Morgan fingerprint density at radius 3 is 2.67 bits per heavy atom. The quantitative estimate of drug-likeness (QED) is 0.736. The van der Waals surface area contributed by atoms with Crippen molar-refractivity contribution >= 4 is 17.5 Å². The van der Waals surface area contributed by atoms with E-state index in [0.29, 0.717) is 0 Å². The van der Waals surface area contributed by atoms with Gasteiger partial charge in [0.15, 0.2) is 5.88 Å². The molecule has 15 heavy (non-hydrogen) atoms. The molecule has 0 unspecified atom stereocenters. The number of hydrogen-bond acceptors (Lipinski definition) is 3. The second-order valence-electron chi connectivity index (χ2n) is 3.82. The van der Waals surface area contributed by atoms with Crippen molar-refractivity contribution in [1.82, 2.24) is 4.90 Å². The maximum Gasteiger partial charge on any atom is 0.195 e. The molecule has 0 aliphatic carbocycles. The fourth-order valence-electron chi connectivity index (χ4n) is 1.93. The Bertz CT molecular complexity index is 268. The molecule has 0 atom stereocenters. The number of halogens is 1. The number of hydrogen-bond donors (Lipinski definition) is 0. The molecule has 1 aromatic heterocycles. The summed E-state index contributed by atoms with van der Waals surface area (Å²) in [4.78, 5) is 4.75. The summed E-state index contributed by atoms with van der Waals surface area (Å²) in [6.45, 7) is 5.44. The van der Waals surface area contributed by atoms with Crippen LogP contribution in [0.2, 0.25) is 0 Å². The van der Waals surface area contributed by atoms with E-state index >= 15 is 0 Å². The average Bonchev–Trinajstić information content (AvgIpc) is 2.80. The average molecular weight is 229 g/mol. The Morgan fingerprint density at radius 1 is 1.27 bits per heavy atom. The van der Waals surface area contributed by atoms with Crippen molar-refractivity contribution in [2.45, 2.75) is 6.42 Å². The van der Waals surface area contributed by atoms with Gasteiger partial charge in [-0.15, -0.1) is 11.6 Å². The lowest BCUT2D eigenvalue weighted by Crippen LogP contribution is -2.46. The van der Waals surface area contributed by atoms with Crippen LogP contribution in [0, 0.1) is 0 Å². The molecule has 0 saturated carbocycles. The van der Waals surface area contributed by atoms with Crippen LogP contribution in [-0.4, -0.2) is 43.5 Å². The van der Waals surface area contributed by atoms with Crippen LogP contribution in [0.4, 0.5) is 5.88 Å². The molecule has 0 aromatic carbocycles. The Hall–Kier alpha value is -0.670. The van der Waals surface area contributed by atoms with Crippen molar-refractivity contribution in [1.29, 1.82) is 0 Å². The highest BCUT2D eigenvalue weighted by molar-refractivity contribution is 6.17. The van der Waals surface area contributed by atoms with Crippen LogP contribution in [0.25, 0.3) is 0 Å². The molecule has 2 rings (SSSR count). The molecule has 84 valence electrons. The minimum Gasteiger partial charge on any atom is -0.449 e. The summed E-state index contributed by atoms with van der Waals surface area (Å²) in [6.07, 6.45) is 2.82. The number of nitrogens with zero attached hydrogens (tertiary/aromatic N) is 2. The summed E-state index contributed by atoms with van der Waals surface area (Å²) < 4.78 is 5.38. The van der Waals surface area contributed by atoms with Gasteiger partial charge in [-0.1, -0.05) is 0 Å². The number of piperazine rings is 1. The van der Waals surface area contributed by atoms with Crippen LogP contribution in [0.3, 0.4) is 0 Å². The lowest BCUT2D eigenvalue weighted by molar-refractivity contribution is 0.255. The third-order valence-corrected chi connectivity index (χ3v) is 3.07. The predicted molar refractivity (Wildman–Crippen MR) is 62.7 cm³/mol. The van der Waals surface area contributed by atoms with Gasteiger partial charge in [0.2, 0.25) is 0 Å². The first-order chi connectivity index (χ1) is 7.40. The minimum atomic E-state index is 0.762. The van der Waals surface area contributed by atoms with Crippen LogP contribution in [0.5, 0.6) is 0 Å². The second-order valence-corrected chi connectivity index (χ2v) is 4.20. The first-order valence-electron chi connectivity index (χ1n) is 5.47. The summed E-state index contributed by atoms with van der Waals surface area (Å²) in [5, 5.41) is 0. The number of anilines is 1. The highest BCUT2D eigenvalue weighted by atomic mass is 35.5. The van der Waals surface area contributed by atoms with E-state index in [2.05, 4.69) is 9.80 Å². The van der Waals surface area contributed by atoms with Gasteiger partial charge in [-0.3, -0.25) is 4.90 Å². The Morgan fingerprint density at radius 2 is 2.07 bits per heavy atom. The molecule has 3 nitrogen and oxygen atoms in total. The van der Waals surface area contributed by atoms with E-state index in [-0.39, 0.29) is 0 Å². The monoisotopic (exact) mass is 228 g/mol. The highest BCUT2D eigenvalue weighted by Gasteiger charge is 2.17. The van der Waals surface area contributed by atoms with Gasteiger partial charge in [-0.05, 0) is 19.0 Å². The Kier molecular flexibility index (Phi) is 3.92. The van der Waals surface area contributed by atoms with Crippen molar-refractivity contribution in [3.8, 4) is 0 Å². The lowest BCUT2D eigenvalue weighted by atomic mass is 10.3. The minimum absolute atomic E-state index is 0.762. The molecular weight excluding hydrogens is 212 g/mol. The summed E-state index contributed by atoms with van der Waals surface area (Å²) in [5.41, 5.74) is 0. The van der Waals surface area contributed by atoms with Gasteiger partial charge >= 0.3 is 0 Å². The molecule has 1 aliphatic heterocycles.